The van der Waals surface area contributed by atoms with Crippen LogP contribution in [0, 0.1) is 0 Å². The Morgan fingerprint density at radius 2 is 2.30 bits per heavy atom. The maximum Gasteiger partial charge on any atom is 0.352 e. The predicted molar refractivity (Wildman–Crippen MR) is 83.1 cm³/mol. The van der Waals surface area contributed by atoms with E-state index in [9.17, 15) is 4.79 Å². The standard InChI is InChI=1S/C16H16N4O3/c21-16(22)12-7-10-4-5-11(18-15(10)19-12)13-8-17-9-20(13)14-3-1-2-6-23-14/h4-5,7-9,14H,1-3,6H2,(H,18,19)(H,21,22). The number of pyridine rings is 1. The lowest BCUT2D eigenvalue weighted by atomic mass is 10.1. The van der Waals surface area contributed by atoms with E-state index in [1.165, 1.54) is 0 Å². The molecule has 4 rings (SSSR count). The molecule has 118 valence electrons. The minimum atomic E-state index is -0.995. The third kappa shape index (κ3) is 2.49. The number of carbonyl (C=O) groups is 1. The second-order valence-electron chi connectivity index (χ2n) is 5.63. The van der Waals surface area contributed by atoms with Crippen molar-refractivity contribution in [2.75, 3.05) is 6.61 Å². The van der Waals surface area contributed by atoms with Gasteiger partial charge in [-0.1, -0.05) is 0 Å². The number of hydrogen-bond donors (Lipinski definition) is 2. The number of imidazole rings is 1. The van der Waals surface area contributed by atoms with E-state index in [2.05, 4.69) is 15.0 Å². The molecule has 0 saturated carbocycles. The van der Waals surface area contributed by atoms with E-state index < -0.39 is 5.97 Å². The van der Waals surface area contributed by atoms with Crippen LogP contribution in [-0.4, -0.2) is 37.2 Å². The molecule has 1 aliphatic heterocycles. The summed E-state index contributed by atoms with van der Waals surface area (Å²) in [5.41, 5.74) is 2.29. The van der Waals surface area contributed by atoms with Gasteiger partial charge in [-0.3, -0.25) is 0 Å². The zero-order chi connectivity index (χ0) is 15.8. The molecule has 0 aliphatic carbocycles. The van der Waals surface area contributed by atoms with Crippen molar-refractivity contribution in [3.63, 3.8) is 0 Å². The highest BCUT2D eigenvalue weighted by molar-refractivity contribution is 5.93. The van der Waals surface area contributed by atoms with Crippen LogP contribution < -0.4 is 0 Å². The number of carboxylic acids is 1. The van der Waals surface area contributed by atoms with Gasteiger partial charge in [0.25, 0.3) is 0 Å². The molecule has 7 heteroatoms. The molecule has 1 atom stereocenters. The van der Waals surface area contributed by atoms with E-state index >= 15 is 0 Å². The van der Waals surface area contributed by atoms with Gasteiger partial charge in [-0.15, -0.1) is 0 Å². The van der Waals surface area contributed by atoms with Crippen LogP contribution in [0.5, 0.6) is 0 Å². The van der Waals surface area contributed by atoms with Gasteiger partial charge in [0.15, 0.2) is 0 Å². The highest BCUT2D eigenvalue weighted by atomic mass is 16.5. The van der Waals surface area contributed by atoms with Crippen LogP contribution in [-0.2, 0) is 4.74 Å². The lowest BCUT2D eigenvalue weighted by Crippen LogP contribution is -2.18. The number of aromatic nitrogens is 4. The quantitative estimate of drug-likeness (QED) is 0.775. The van der Waals surface area contributed by atoms with Crippen LogP contribution in [0.25, 0.3) is 22.4 Å². The minimum absolute atomic E-state index is 0.0167. The lowest BCUT2D eigenvalue weighted by molar-refractivity contribution is -0.0310. The third-order valence-electron chi connectivity index (χ3n) is 4.10. The van der Waals surface area contributed by atoms with Crippen molar-refractivity contribution in [3.05, 3.63) is 36.4 Å². The summed E-state index contributed by atoms with van der Waals surface area (Å²) < 4.78 is 7.81. The average Bonchev–Trinajstić information content (AvgIpc) is 3.21. The normalized spacial score (nSPS) is 18.3. The van der Waals surface area contributed by atoms with Gasteiger partial charge in [0, 0.05) is 12.0 Å². The fraction of sp³-hybridized carbons (Fsp3) is 0.312. The number of ether oxygens (including phenoxy) is 1. The number of aromatic carboxylic acids is 1. The summed E-state index contributed by atoms with van der Waals surface area (Å²) in [4.78, 5) is 22.6. The molecule has 0 spiro atoms. The summed E-state index contributed by atoms with van der Waals surface area (Å²) in [6, 6.07) is 5.31. The molecular formula is C16H16N4O3. The summed E-state index contributed by atoms with van der Waals surface area (Å²) in [6.45, 7) is 0.757. The van der Waals surface area contributed by atoms with Gasteiger partial charge in [0.2, 0.25) is 0 Å². The zero-order valence-corrected chi connectivity index (χ0v) is 12.4. The zero-order valence-electron chi connectivity index (χ0n) is 12.4. The molecule has 1 unspecified atom stereocenters. The van der Waals surface area contributed by atoms with E-state index in [4.69, 9.17) is 9.84 Å². The molecular weight excluding hydrogens is 296 g/mol. The van der Waals surface area contributed by atoms with Gasteiger partial charge >= 0.3 is 5.97 Å². The smallest absolute Gasteiger partial charge is 0.352 e. The van der Waals surface area contributed by atoms with Crippen molar-refractivity contribution in [3.8, 4) is 11.4 Å². The summed E-state index contributed by atoms with van der Waals surface area (Å²) in [5, 5.41) is 9.83. The number of nitrogens with zero attached hydrogens (tertiary/aromatic N) is 3. The summed E-state index contributed by atoms with van der Waals surface area (Å²) >= 11 is 0. The third-order valence-corrected chi connectivity index (χ3v) is 4.10. The van der Waals surface area contributed by atoms with Gasteiger partial charge in [-0.2, -0.15) is 0 Å². The van der Waals surface area contributed by atoms with Gasteiger partial charge in [-0.05, 0) is 37.5 Å². The molecule has 3 aromatic heterocycles. The number of hydrogen-bond acceptors (Lipinski definition) is 4. The fourth-order valence-electron chi connectivity index (χ4n) is 2.94. The average molecular weight is 312 g/mol. The first-order valence-corrected chi connectivity index (χ1v) is 7.59. The Morgan fingerprint density at radius 1 is 1.39 bits per heavy atom. The highest BCUT2D eigenvalue weighted by Gasteiger charge is 2.19. The van der Waals surface area contributed by atoms with Crippen molar-refractivity contribution in [1.82, 2.24) is 19.5 Å². The molecule has 2 N–H and O–H groups in total. The van der Waals surface area contributed by atoms with Crippen LogP contribution in [0.1, 0.15) is 36.0 Å². The highest BCUT2D eigenvalue weighted by Crippen LogP contribution is 2.28. The maximum atomic E-state index is 11.1. The van der Waals surface area contributed by atoms with E-state index in [0.29, 0.717) is 5.65 Å². The molecule has 7 nitrogen and oxygen atoms in total. The monoisotopic (exact) mass is 312 g/mol. The lowest BCUT2D eigenvalue weighted by Gasteiger charge is -2.25. The molecule has 0 aromatic carbocycles. The molecule has 3 aromatic rings. The largest absolute Gasteiger partial charge is 0.477 e. The van der Waals surface area contributed by atoms with Crippen molar-refractivity contribution in [2.24, 2.45) is 0 Å². The Balaban J connectivity index is 1.74. The van der Waals surface area contributed by atoms with Crippen molar-refractivity contribution >= 4 is 17.0 Å². The second kappa shape index (κ2) is 5.51. The number of rotatable bonds is 3. The van der Waals surface area contributed by atoms with E-state index in [1.54, 1.807) is 18.6 Å². The van der Waals surface area contributed by atoms with Crippen LogP contribution in [0.15, 0.2) is 30.7 Å². The first-order chi connectivity index (χ1) is 11.2. The van der Waals surface area contributed by atoms with Gasteiger partial charge < -0.3 is 19.4 Å². The Bertz CT molecular complexity index is 861. The van der Waals surface area contributed by atoms with Gasteiger partial charge in [0.05, 0.1) is 23.9 Å². The molecule has 1 aliphatic rings. The molecule has 0 radical (unpaired) electrons. The first-order valence-electron chi connectivity index (χ1n) is 7.59. The number of H-pyrrole nitrogens is 1. The van der Waals surface area contributed by atoms with Crippen LogP contribution in [0.3, 0.4) is 0 Å². The Morgan fingerprint density at radius 3 is 3.09 bits per heavy atom. The second-order valence-corrected chi connectivity index (χ2v) is 5.63. The number of fused-ring (bicyclic) bond motifs is 1. The summed E-state index contributed by atoms with van der Waals surface area (Å²) in [6.07, 6.45) is 6.68. The predicted octanol–water partition coefficient (Wildman–Crippen LogP) is 2.82. The van der Waals surface area contributed by atoms with E-state index in [0.717, 1.165) is 42.6 Å². The molecule has 1 saturated heterocycles. The summed E-state index contributed by atoms with van der Waals surface area (Å²) in [7, 11) is 0. The molecule has 0 bridgehead atoms. The van der Waals surface area contributed by atoms with Gasteiger partial charge in [-0.25, -0.2) is 14.8 Å². The van der Waals surface area contributed by atoms with Crippen LogP contribution in [0.4, 0.5) is 0 Å². The van der Waals surface area contributed by atoms with Crippen molar-refractivity contribution in [1.29, 1.82) is 0 Å². The van der Waals surface area contributed by atoms with Crippen molar-refractivity contribution < 1.29 is 14.6 Å². The van der Waals surface area contributed by atoms with Crippen LogP contribution in [0.2, 0.25) is 0 Å². The fourth-order valence-corrected chi connectivity index (χ4v) is 2.94. The van der Waals surface area contributed by atoms with E-state index in [-0.39, 0.29) is 11.9 Å². The number of aromatic amines is 1. The minimum Gasteiger partial charge on any atom is -0.477 e. The molecule has 0 amide bonds. The molecule has 1 fully saturated rings. The first kappa shape index (κ1) is 14.0. The molecule has 23 heavy (non-hydrogen) atoms. The SMILES string of the molecule is O=C(O)c1cc2ccc(-c3cncn3C3CCCCO3)nc2[nH]1. The Hall–Kier alpha value is -2.67. The number of carboxylic acid groups (broad SMARTS) is 1. The number of nitrogens with one attached hydrogen (secondary N) is 1. The van der Waals surface area contributed by atoms with Crippen LogP contribution >= 0.6 is 0 Å². The summed E-state index contributed by atoms with van der Waals surface area (Å²) in [5.74, 6) is -0.995. The van der Waals surface area contributed by atoms with E-state index in [1.807, 2.05) is 16.7 Å². The Kier molecular flexibility index (Phi) is 3.34. The van der Waals surface area contributed by atoms with Crippen molar-refractivity contribution in [2.45, 2.75) is 25.5 Å². The molecule has 4 heterocycles. The topological polar surface area (TPSA) is 93.0 Å². The van der Waals surface area contributed by atoms with Gasteiger partial charge in [0.1, 0.15) is 17.6 Å². The maximum absolute atomic E-state index is 11.1. The Labute approximate surface area is 131 Å².